The molecule has 1 unspecified atom stereocenters. The first-order valence-electron chi connectivity index (χ1n) is 5.30. The van der Waals surface area contributed by atoms with Crippen LogP contribution in [0.15, 0.2) is 28.7 Å². The summed E-state index contributed by atoms with van der Waals surface area (Å²) in [6.45, 7) is 3.65. The van der Waals surface area contributed by atoms with Crippen molar-refractivity contribution in [3.63, 3.8) is 0 Å². The van der Waals surface area contributed by atoms with Crippen LogP contribution in [0.1, 0.15) is 19.4 Å². The molecule has 0 aliphatic rings. The monoisotopic (exact) mass is 284 g/mol. The fourth-order valence-corrected chi connectivity index (χ4v) is 1.87. The lowest BCUT2D eigenvalue weighted by atomic mass is 10.1. The van der Waals surface area contributed by atoms with Gasteiger partial charge < -0.3 is 11.1 Å². The van der Waals surface area contributed by atoms with E-state index in [1.54, 1.807) is 6.92 Å². The van der Waals surface area contributed by atoms with Gasteiger partial charge in [0.05, 0.1) is 6.04 Å². The van der Waals surface area contributed by atoms with Crippen molar-refractivity contribution >= 4 is 21.8 Å². The largest absolute Gasteiger partial charge is 0.352 e. The van der Waals surface area contributed by atoms with E-state index in [1.807, 2.05) is 31.2 Å². The summed E-state index contributed by atoms with van der Waals surface area (Å²) in [4.78, 5) is 11.4. The van der Waals surface area contributed by atoms with E-state index in [2.05, 4.69) is 21.2 Å². The Morgan fingerprint density at radius 2 is 2.06 bits per heavy atom. The highest BCUT2D eigenvalue weighted by atomic mass is 79.9. The molecule has 88 valence electrons. The fraction of sp³-hybridized carbons (Fsp3) is 0.417. The number of nitrogens with two attached hydrogens (primary N) is 1. The Hall–Kier alpha value is -0.870. The molecule has 0 radical (unpaired) electrons. The van der Waals surface area contributed by atoms with E-state index in [4.69, 9.17) is 5.73 Å². The summed E-state index contributed by atoms with van der Waals surface area (Å²) in [5.74, 6) is -0.112. The van der Waals surface area contributed by atoms with Crippen LogP contribution in [0.4, 0.5) is 0 Å². The molecule has 16 heavy (non-hydrogen) atoms. The Morgan fingerprint density at radius 3 is 2.62 bits per heavy atom. The highest BCUT2D eigenvalue weighted by Crippen LogP contribution is 2.17. The molecule has 0 saturated heterocycles. The third-order valence-electron chi connectivity index (χ3n) is 2.29. The minimum absolute atomic E-state index is 0.0807. The summed E-state index contributed by atoms with van der Waals surface area (Å²) in [5, 5.41) is 2.87. The highest BCUT2D eigenvalue weighted by Gasteiger charge is 2.12. The van der Waals surface area contributed by atoms with Crippen LogP contribution in [-0.4, -0.2) is 18.0 Å². The Morgan fingerprint density at radius 1 is 1.44 bits per heavy atom. The number of carbonyl (C=O) groups is 1. The van der Waals surface area contributed by atoms with Gasteiger partial charge in [0.15, 0.2) is 0 Å². The first-order valence-corrected chi connectivity index (χ1v) is 6.09. The van der Waals surface area contributed by atoms with Gasteiger partial charge in [-0.15, -0.1) is 0 Å². The lowest BCUT2D eigenvalue weighted by Crippen LogP contribution is -2.43. The van der Waals surface area contributed by atoms with Gasteiger partial charge in [0, 0.05) is 10.5 Å². The van der Waals surface area contributed by atoms with Crippen molar-refractivity contribution in [1.82, 2.24) is 5.32 Å². The minimum Gasteiger partial charge on any atom is -0.352 e. The predicted molar refractivity (Wildman–Crippen MR) is 69.1 cm³/mol. The van der Waals surface area contributed by atoms with Crippen molar-refractivity contribution in [3.05, 3.63) is 34.3 Å². The molecule has 0 saturated carbocycles. The molecule has 3 nitrogen and oxygen atoms in total. The molecule has 1 aromatic rings. The van der Waals surface area contributed by atoms with Gasteiger partial charge in [0.1, 0.15) is 0 Å². The van der Waals surface area contributed by atoms with E-state index in [0.29, 0.717) is 0 Å². The average molecular weight is 285 g/mol. The smallest absolute Gasteiger partial charge is 0.236 e. The van der Waals surface area contributed by atoms with E-state index >= 15 is 0 Å². The summed E-state index contributed by atoms with van der Waals surface area (Å²) in [6.07, 6.45) is 0.792. The predicted octanol–water partition coefficient (Wildman–Crippen LogP) is 1.84. The number of amides is 1. The molecule has 1 amide bonds. The van der Waals surface area contributed by atoms with Crippen LogP contribution in [0.5, 0.6) is 0 Å². The summed E-state index contributed by atoms with van der Waals surface area (Å²) in [5.41, 5.74) is 6.67. The van der Waals surface area contributed by atoms with Crippen molar-refractivity contribution in [2.75, 3.05) is 0 Å². The third kappa shape index (κ3) is 3.94. The molecule has 3 N–H and O–H groups in total. The van der Waals surface area contributed by atoms with E-state index in [-0.39, 0.29) is 11.9 Å². The second-order valence-corrected chi connectivity index (χ2v) is 4.85. The van der Waals surface area contributed by atoms with Gasteiger partial charge in [-0.25, -0.2) is 0 Å². The molecular formula is C12H17BrN2O. The van der Waals surface area contributed by atoms with E-state index < -0.39 is 6.04 Å². The first-order chi connectivity index (χ1) is 7.50. The molecule has 1 aromatic carbocycles. The van der Waals surface area contributed by atoms with E-state index in [9.17, 15) is 4.79 Å². The van der Waals surface area contributed by atoms with Crippen molar-refractivity contribution in [2.24, 2.45) is 5.73 Å². The van der Waals surface area contributed by atoms with Crippen molar-refractivity contribution in [1.29, 1.82) is 0 Å². The SMILES string of the molecule is CC(Cc1ccccc1Br)NC(=O)[C@H](C)N. The van der Waals surface area contributed by atoms with Crippen LogP contribution >= 0.6 is 15.9 Å². The molecule has 0 heterocycles. The molecule has 0 aliphatic carbocycles. The van der Waals surface area contributed by atoms with Gasteiger partial charge in [0.2, 0.25) is 5.91 Å². The van der Waals surface area contributed by atoms with Gasteiger partial charge in [0.25, 0.3) is 0 Å². The Labute approximate surface area is 105 Å². The highest BCUT2D eigenvalue weighted by molar-refractivity contribution is 9.10. The summed E-state index contributed by atoms with van der Waals surface area (Å²) < 4.78 is 1.07. The topological polar surface area (TPSA) is 55.1 Å². The lowest BCUT2D eigenvalue weighted by molar-refractivity contribution is -0.122. The molecule has 0 aromatic heterocycles. The lowest BCUT2D eigenvalue weighted by Gasteiger charge is -2.16. The van der Waals surface area contributed by atoms with Crippen LogP contribution in [0.3, 0.4) is 0 Å². The Bertz CT molecular complexity index is 366. The second-order valence-electron chi connectivity index (χ2n) is 3.99. The Kier molecular flexibility index (Phi) is 4.96. The molecule has 1 rings (SSSR count). The van der Waals surface area contributed by atoms with Gasteiger partial charge in [-0.05, 0) is 31.9 Å². The molecule has 4 heteroatoms. The molecular weight excluding hydrogens is 268 g/mol. The number of benzene rings is 1. The zero-order chi connectivity index (χ0) is 12.1. The van der Waals surface area contributed by atoms with E-state index in [1.165, 1.54) is 5.56 Å². The molecule has 0 fully saturated rings. The van der Waals surface area contributed by atoms with Gasteiger partial charge in [-0.3, -0.25) is 4.79 Å². The van der Waals surface area contributed by atoms with Crippen molar-refractivity contribution in [2.45, 2.75) is 32.4 Å². The van der Waals surface area contributed by atoms with Gasteiger partial charge in [-0.2, -0.15) is 0 Å². The third-order valence-corrected chi connectivity index (χ3v) is 3.06. The van der Waals surface area contributed by atoms with Crippen LogP contribution in [0.25, 0.3) is 0 Å². The molecule has 0 bridgehead atoms. The molecule has 0 aliphatic heterocycles. The fourth-order valence-electron chi connectivity index (χ4n) is 1.42. The van der Waals surface area contributed by atoms with Crippen molar-refractivity contribution < 1.29 is 4.79 Å². The maximum atomic E-state index is 11.4. The summed E-state index contributed by atoms with van der Waals surface area (Å²) >= 11 is 3.48. The summed E-state index contributed by atoms with van der Waals surface area (Å²) in [7, 11) is 0. The van der Waals surface area contributed by atoms with Gasteiger partial charge in [-0.1, -0.05) is 34.1 Å². The van der Waals surface area contributed by atoms with Crippen LogP contribution < -0.4 is 11.1 Å². The number of carbonyl (C=O) groups excluding carboxylic acids is 1. The minimum atomic E-state index is -0.457. The number of halogens is 1. The van der Waals surface area contributed by atoms with Gasteiger partial charge >= 0.3 is 0 Å². The second kappa shape index (κ2) is 6.01. The van der Waals surface area contributed by atoms with Crippen LogP contribution in [0.2, 0.25) is 0 Å². The number of rotatable bonds is 4. The first kappa shape index (κ1) is 13.2. The number of nitrogens with one attached hydrogen (secondary N) is 1. The maximum absolute atomic E-state index is 11.4. The standard InChI is InChI=1S/C12H17BrN2O/c1-8(15-12(16)9(2)14)7-10-5-3-4-6-11(10)13/h3-6,8-9H,7,14H2,1-2H3,(H,15,16)/t8?,9-/m0/s1. The van der Waals surface area contributed by atoms with Crippen LogP contribution in [-0.2, 0) is 11.2 Å². The zero-order valence-corrected chi connectivity index (χ0v) is 11.1. The number of hydrogen-bond acceptors (Lipinski definition) is 2. The average Bonchev–Trinajstić information content (AvgIpc) is 2.21. The quantitative estimate of drug-likeness (QED) is 0.887. The summed E-state index contributed by atoms with van der Waals surface area (Å²) in [6, 6.07) is 7.62. The van der Waals surface area contributed by atoms with Crippen LogP contribution in [0, 0.1) is 0 Å². The zero-order valence-electron chi connectivity index (χ0n) is 9.53. The number of hydrogen-bond donors (Lipinski definition) is 2. The molecule has 0 spiro atoms. The Balaban J connectivity index is 2.55. The molecule has 2 atom stereocenters. The maximum Gasteiger partial charge on any atom is 0.236 e. The normalized spacial score (nSPS) is 14.2. The van der Waals surface area contributed by atoms with E-state index in [0.717, 1.165) is 10.9 Å². The van der Waals surface area contributed by atoms with Crippen molar-refractivity contribution in [3.8, 4) is 0 Å².